The molecule has 128 valence electrons. The zero-order chi connectivity index (χ0) is 17.5. The molecule has 1 heterocycles. The van der Waals surface area contributed by atoms with Gasteiger partial charge in [-0.15, -0.1) is 0 Å². The highest BCUT2D eigenvalue weighted by molar-refractivity contribution is 6.31. The van der Waals surface area contributed by atoms with Gasteiger partial charge in [0.25, 0.3) is 5.91 Å². The normalized spacial score (nSPS) is 10.5. The molecule has 0 saturated heterocycles. The van der Waals surface area contributed by atoms with Crippen molar-refractivity contribution in [1.29, 1.82) is 0 Å². The van der Waals surface area contributed by atoms with E-state index in [9.17, 15) is 4.79 Å². The Labute approximate surface area is 148 Å². The summed E-state index contributed by atoms with van der Waals surface area (Å²) in [6.45, 7) is 8.13. The number of hydrogen-bond donors (Lipinski definition) is 1. The zero-order valence-corrected chi connectivity index (χ0v) is 15.2. The van der Waals surface area contributed by atoms with Gasteiger partial charge in [-0.05, 0) is 43.5 Å². The van der Waals surface area contributed by atoms with E-state index >= 15 is 0 Å². The van der Waals surface area contributed by atoms with E-state index in [1.165, 1.54) is 0 Å². The molecule has 2 rings (SSSR count). The number of anilines is 2. The van der Waals surface area contributed by atoms with E-state index in [0.717, 1.165) is 37.2 Å². The van der Waals surface area contributed by atoms with Gasteiger partial charge in [0.1, 0.15) is 0 Å². The number of hydrogen-bond acceptors (Lipinski definition) is 3. The fraction of sp³-hybridized carbons (Fsp3) is 0.368. The monoisotopic (exact) mass is 345 g/mol. The number of carbonyl (C=O) groups is 1. The molecule has 1 N–H and O–H groups in total. The molecule has 0 radical (unpaired) electrons. The maximum absolute atomic E-state index is 12.5. The minimum Gasteiger partial charge on any atom is -0.370 e. The summed E-state index contributed by atoms with van der Waals surface area (Å²) in [5.74, 6) is -0.183. The molecule has 0 aliphatic rings. The van der Waals surface area contributed by atoms with Gasteiger partial charge in [-0.3, -0.25) is 9.78 Å². The molecule has 1 aromatic heterocycles. The van der Waals surface area contributed by atoms with Gasteiger partial charge >= 0.3 is 0 Å². The van der Waals surface area contributed by atoms with E-state index in [1.54, 1.807) is 12.3 Å². The van der Waals surface area contributed by atoms with E-state index in [1.807, 2.05) is 31.3 Å². The molecule has 1 aromatic carbocycles. The number of nitrogens with one attached hydrogen (secondary N) is 1. The van der Waals surface area contributed by atoms with Crippen LogP contribution in [0.1, 0.15) is 42.6 Å². The Balaban J connectivity index is 2.17. The molecule has 0 bridgehead atoms. The standard InChI is InChI=1S/C19H24ClN3O/c1-4-8-23(9-5-2)17-10-15(12-21-13-17)19(24)22-16-7-6-14(3)18(20)11-16/h6-7,10-13H,4-5,8-9H2,1-3H3,(H,22,24). The Morgan fingerprint density at radius 2 is 1.88 bits per heavy atom. The van der Waals surface area contributed by atoms with Crippen molar-refractivity contribution in [3.05, 3.63) is 52.8 Å². The number of amides is 1. The number of halogens is 1. The Hall–Kier alpha value is -2.07. The first-order chi connectivity index (χ1) is 11.5. The van der Waals surface area contributed by atoms with Gasteiger partial charge in [0, 0.05) is 30.0 Å². The maximum atomic E-state index is 12.5. The molecule has 2 aromatic rings. The van der Waals surface area contributed by atoms with Crippen molar-refractivity contribution in [3.63, 3.8) is 0 Å². The first-order valence-electron chi connectivity index (χ1n) is 8.32. The number of rotatable bonds is 7. The third-order valence-electron chi connectivity index (χ3n) is 3.77. The van der Waals surface area contributed by atoms with E-state index in [-0.39, 0.29) is 5.91 Å². The summed E-state index contributed by atoms with van der Waals surface area (Å²) >= 11 is 6.11. The van der Waals surface area contributed by atoms with Crippen LogP contribution in [0.4, 0.5) is 11.4 Å². The maximum Gasteiger partial charge on any atom is 0.257 e. The largest absolute Gasteiger partial charge is 0.370 e. The third kappa shape index (κ3) is 4.71. The van der Waals surface area contributed by atoms with Gasteiger partial charge in [0.2, 0.25) is 0 Å². The van der Waals surface area contributed by atoms with Gasteiger partial charge < -0.3 is 10.2 Å². The van der Waals surface area contributed by atoms with Crippen LogP contribution >= 0.6 is 11.6 Å². The molecule has 4 nitrogen and oxygen atoms in total. The quantitative estimate of drug-likeness (QED) is 0.774. The predicted molar refractivity (Wildman–Crippen MR) is 101 cm³/mol. The fourth-order valence-corrected chi connectivity index (χ4v) is 2.69. The molecule has 5 heteroatoms. The fourth-order valence-electron chi connectivity index (χ4n) is 2.51. The molecular weight excluding hydrogens is 322 g/mol. The highest BCUT2D eigenvalue weighted by Crippen LogP contribution is 2.21. The predicted octanol–water partition coefficient (Wildman–Crippen LogP) is 4.92. The van der Waals surface area contributed by atoms with Crippen molar-refractivity contribution >= 4 is 28.9 Å². The summed E-state index contributed by atoms with van der Waals surface area (Å²) in [5, 5.41) is 3.51. The van der Waals surface area contributed by atoms with Gasteiger partial charge in [-0.2, -0.15) is 0 Å². The van der Waals surface area contributed by atoms with Crippen LogP contribution in [0.2, 0.25) is 5.02 Å². The van der Waals surface area contributed by atoms with Gasteiger partial charge in [0.05, 0.1) is 17.4 Å². The molecule has 1 amide bonds. The van der Waals surface area contributed by atoms with Gasteiger partial charge in [0.15, 0.2) is 0 Å². The molecule has 0 aliphatic carbocycles. The summed E-state index contributed by atoms with van der Waals surface area (Å²) in [4.78, 5) is 19.0. The van der Waals surface area contributed by atoms with Crippen molar-refractivity contribution < 1.29 is 4.79 Å². The van der Waals surface area contributed by atoms with Crippen molar-refractivity contribution in [2.75, 3.05) is 23.3 Å². The second-order valence-electron chi connectivity index (χ2n) is 5.84. The molecule has 0 fully saturated rings. The minimum absolute atomic E-state index is 0.183. The van der Waals surface area contributed by atoms with E-state index in [4.69, 9.17) is 11.6 Å². The first kappa shape index (κ1) is 18.3. The molecule has 0 saturated carbocycles. The lowest BCUT2D eigenvalue weighted by Gasteiger charge is -2.23. The third-order valence-corrected chi connectivity index (χ3v) is 4.18. The van der Waals surface area contributed by atoms with Crippen molar-refractivity contribution in [1.82, 2.24) is 4.98 Å². The lowest BCUT2D eigenvalue weighted by Crippen LogP contribution is -2.25. The minimum atomic E-state index is -0.183. The molecule has 0 unspecified atom stereocenters. The smallest absolute Gasteiger partial charge is 0.257 e. The summed E-state index contributed by atoms with van der Waals surface area (Å²) < 4.78 is 0. The van der Waals surface area contributed by atoms with Crippen LogP contribution in [0.25, 0.3) is 0 Å². The van der Waals surface area contributed by atoms with Crippen LogP contribution in [0.15, 0.2) is 36.7 Å². The van der Waals surface area contributed by atoms with Gasteiger partial charge in [-0.1, -0.05) is 31.5 Å². The number of carbonyl (C=O) groups excluding carboxylic acids is 1. The van der Waals surface area contributed by atoms with E-state index in [2.05, 4.69) is 29.0 Å². The lowest BCUT2D eigenvalue weighted by molar-refractivity contribution is 0.102. The SMILES string of the molecule is CCCN(CCC)c1cncc(C(=O)Nc2ccc(C)c(Cl)c2)c1. The highest BCUT2D eigenvalue weighted by atomic mass is 35.5. The lowest BCUT2D eigenvalue weighted by atomic mass is 10.2. The second-order valence-corrected chi connectivity index (χ2v) is 6.24. The van der Waals surface area contributed by atoms with Crippen molar-refractivity contribution in [3.8, 4) is 0 Å². The Kier molecular flexibility index (Phi) is 6.62. The van der Waals surface area contributed by atoms with E-state index in [0.29, 0.717) is 16.3 Å². The molecular formula is C19H24ClN3O. The summed E-state index contributed by atoms with van der Waals surface area (Å²) in [6.07, 6.45) is 5.51. The number of benzene rings is 1. The average Bonchev–Trinajstić information content (AvgIpc) is 2.58. The van der Waals surface area contributed by atoms with Crippen LogP contribution < -0.4 is 10.2 Å². The highest BCUT2D eigenvalue weighted by Gasteiger charge is 2.11. The number of pyridine rings is 1. The number of aromatic nitrogens is 1. The second kappa shape index (κ2) is 8.69. The van der Waals surface area contributed by atoms with Crippen LogP contribution in [0, 0.1) is 6.92 Å². The Morgan fingerprint density at radius 3 is 2.50 bits per heavy atom. The Bertz CT molecular complexity index is 697. The number of nitrogens with zero attached hydrogens (tertiary/aromatic N) is 2. The van der Waals surface area contributed by atoms with Crippen LogP contribution in [-0.4, -0.2) is 24.0 Å². The molecule has 24 heavy (non-hydrogen) atoms. The van der Waals surface area contributed by atoms with Crippen molar-refractivity contribution in [2.45, 2.75) is 33.6 Å². The molecule has 0 atom stereocenters. The van der Waals surface area contributed by atoms with Crippen LogP contribution in [0.5, 0.6) is 0 Å². The van der Waals surface area contributed by atoms with Crippen LogP contribution in [0.3, 0.4) is 0 Å². The Morgan fingerprint density at radius 1 is 1.17 bits per heavy atom. The molecule has 0 spiro atoms. The summed E-state index contributed by atoms with van der Waals surface area (Å²) in [5.41, 5.74) is 3.18. The van der Waals surface area contributed by atoms with Gasteiger partial charge in [-0.25, -0.2) is 0 Å². The van der Waals surface area contributed by atoms with E-state index < -0.39 is 0 Å². The topological polar surface area (TPSA) is 45.2 Å². The van der Waals surface area contributed by atoms with Crippen molar-refractivity contribution in [2.24, 2.45) is 0 Å². The van der Waals surface area contributed by atoms with Crippen LogP contribution in [-0.2, 0) is 0 Å². The average molecular weight is 346 g/mol. The number of aryl methyl sites for hydroxylation is 1. The summed E-state index contributed by atoms with van der Waals surface area (Å²) in [6, 6.07) is 7.38. The first-order valence-corrected chi connectivity index (χ1v) is 8.70. The summed E-state index contributed by atoms with van der Waals surface area (Å²) in [7, 11) is 0. The zero-order valence-electron chi connectivity index (χ0n) is 14.5. The molecule has 0 aliphatic heterocycles.